The van der Waals surface area contributed by atoms with Gasteiger partial charge in [0.05, 0.1) is 13.2 Å². The summed E-state index contributed by atoms with van der Waals surface area (Å²) >= 11 is 0. The molecule has 2 atom stereocenters. The van der Waals surface area contributed by atoms with Crippen molar-refractivity contribution in [3.05, 3.63) is 35.1 Å². The number of nitrogens with one attached hydrogen (secondary N) is 3. The highest BCUT2D eigenvalue weighted by Crippen LogP contribution is 2.23. The second kappa shape index (κ2) is 8.86. The van der Waals surface area contributed by atoms with E-state index in [0.29, 0.717) is 12.1 Å². The van der Waals surface area contributed by atoms with Crippen molar-refractivity contribution >= 4 is 11.9 Å². The number of amides is 1. The van der Waals surface area contributed by atoms with E-state index < -0.39 is 23.7 Å². The van der Waals surface area contributed by atoms with Crippen molar-refractivity contribution in [1.82, 2.24) is 21.3 Å². The van der Waals surface area contributed by atoms with Crippen LogP contribution in [0.4, 0.5) is 4.39 Å². The molecule has 1 unspecified atom stereocenters. The Bertz CT molecular complexity index is 628. The Balaban J connectivity index is 2.10. The van der Waals surface area contributed by atoms with Gasteiger partial charge in [-0.3, -0.25) is 9.59 Å². The zero-order valence-corrected chi connectivity index (χ0v) is 14.3. The van der Waals surface area contributed by atoms with Crippen LogP contribution in [0.5, 0.6) is 0 Å². The number of ether oxygens (including phenoxy) is 1. The lowest BCUT2D eigenvalue weighted by Crippen LogP contribution is -2.43. The fraction of sp³-hybridized carbons (Fsp3) is 0.500. The molecular weight excluding hydrogens is 329 g/mol. The normalized spacial score (nSPS) is 18.8. The number of nitrogens with two attached hydrogens (primary N) is 1. The van der Waals surface area contributed by atoms with E-state index >= 15 is 0 Å². The van der Waals surface area contributed by atoms with E-state index in [-0.39, 0.29) is 18.2 Å². The largest absolute Gasteiger partial charge is 0.468 e. The number of hydrogen-bond donors (Lipinski definition) is 4. The number of hydrazine groups is 2. The van der Waals surface area contributed by atoms with Crippen LogP contribution in [0.25, 0.3) is 0 Å². The average Bonchev–Trinajstić information content (AvgIpc) is 3.06. The third kappa shape index (κ3) is 4.95. The highest BCUT2D eigenvalue weighted by Gasteiger charge is 2.26. The van der Waals surface area contributed by atoms with Gasteiger partial charge in [0.25, 0.3) is 5.91 Å². The van der Waals surface area contributed by atoms with Crippen molar-refractivity contribution < 1.29 is 18.7 Å². The number of benzene rings is 1. The lowest BCUT2D eigenvalue weighted by molar-refractivity contribution is -0.141. The summed E-state index contributed by atoms with van der Waals surface area (Å²) in [5.74, 6) is -1.62. The highest BCUT2D eigenvalue weighted by atomic mass is 19.1. The highest BCUT2D eigenvalue weighted by molar-refractivity contribution is 5.94. The van der Waals surface area contributed by atoms with Crippen molar-refractivity contribution in [1.29, 1.82) is 0 Å². The van der Waals surface area contributed by atoms with Crippen molar-refractivity contribution in [3.63, 3.8) is 0 Å². The SMILES string of the molecule is CCCN1NNCC1c1cc(F)cc(C(=O)NC[C@@H](N)C(=O)OC)c1. The summed E-state index contributed by atoms with van der Waals surface area (Å²) in [5, 5.41) is 4.48. The molecule has 9 heteroatoms. The number of hydrogen-bond acceptors (Lipinski definition) is 7. The standard InChI is InChI=1S/C16H24FN5O3/c1-3-4-22-14(9-20-21-22)10-5-11(7-12(17)6-10)15(23)19-8-13(18)16(24)25-2/h5-7,13-14,20-21H,3-4,8-9,18H2,1-2H3,(H,19,23)/t13-,14?/m1/s1. The third-order valence-corrected chi connectivity index (χ3v) is 3.91. The van der Waals surface area contributed by atoms with E-state index in [1.54, 1.807) is 6.07 Å². The number of rotatable bonds is 7. The van der Waals surface area contributed by atoms with Gasteiger partial charge < -0.3 is 15.8 Å². The third-order valence-electron chi connectivity index (χ3n) is 3.91. The van der Waals surface area contributed by atoms with Gasteiger partial charge in [0.1, 0.15) is 11.9 Å². The first-order valence-electron chi connectivity index (χ1n) is 8.13. The molecule has 1 heterocycles. The Labute approximate surface area is 145 Å². The van der Waals surface area contributed by atoms with Gasteiger partial charge in [-0.1, -0.05) is 6.92 Å². The molecule has 1 aromatic carbocycles. The van der Waals surface area contributed by atoms with Crippen LogP contribution < -0.4 is 22.0 Å². The van der Waals surface area contributed by atoms with Crippen LogP contribution in [0.1, 0.15) is 35.3 Å². The fourth-order valence-electron chi connectivity index (χ4n) is 2.66. The average molecular weight is 353 g/mol. The maximum absolute atomic E-state index is 14.0. The molecule has 8 nitrogen and oxygen atoms in total. The molecule has 0 bridgehead atoms. The van der Waals surface area contributed by atoms with Crippen LogP contribution >= 0.6 is 0 Å². The zero-order chi connectivity index (χ0) is 18.4. The van der Waals surface area contributed by atoms with Gasteiger partial charge in [0, 0.05) is 25.2 Å². The lowest BCUT2D eigenvalue weighted by atomic mass is 10.0. The van der Waals surface area contributed by atoms with Crippen LogP contribution in [-0.4, -0.2) is 49.7 Å². The number of carbonyl (C=O) groups excluding carboxylic acids is 2. The summed E-state index contributed by atoms with van der Waals surface area (Å²) in [5.41, 5.74) is 12.5. The van der Waals surface area contributed by atoms with Gasteiger partial charge in [0.15, 0.2) is 0 Å². The number of methoxy groups -OCH3 is 1. The Kier molecular flexibility index (Phi) is 6.82. The number of nitrogens with zero attached hydrogens (tertiary/aromatic N) is 1. The van der Waals surface area contributed by atoms with Gasteiger partial charge >= 0.3 is 5.97 Å². The summed E-state index contributed by atoms with van der Waals surface area (Å²) in [6.45, 7) is 3.33. The first-order chi connectivity index (χ1) is 12.0. The molecule has 25 heavy (non-hydrogen) atoms. The molecule has 0 spiro atoms. The number of esters is 1. The second-order valence-corrected chi connectivity index (χ2v) is 5.81. The monoisotopic (exact) mass is 353 g/mol. The van der Waals surface area contributed by atoms with Gasteiger partial charge in [-0.05, 0) is 30.2 Å². The van der Waals surface area contributed by atoms with E-state index in [0.717, 1.165) is 19.0 Å². The Morgan fingerprint density at radius 3 is 2.92 bits per heavy atom. The van der Waals surface area contributed by atoms with Crippen molar-refractivity contribution in [2.24, 2.45) is 5.73 Å². The zero-order valence-electron chi connectivity index (χ0n) is 14.3. The minimum absolute atomic E-state index is 0.0838. The maximum atomic E-state index is 14.0. The van der Waals surface area contributed by atoms with Gasteiger partial charge in [-0.25, -0.2) is 14.8 Å². The van der Waals surface area contributed by atoms with Crippen LogP contribution in [0.3, 0.4) is 0 Å². The molecule has 2 rings (SSSR count). The minimum atomic E-state index is -0.967. The summed E-state index contributed by atoms with van der Waals surface area (Å²) in [6, 6.07) is 3.16. The van der Waals surface area contributed by atoms with Crippen LogP contribution in [0.2, 0.25) is 0 Å². The molecule has 0 aliphatic carbocycles. The lowest BCUT2D eigenvalue weighted by Gasteiger charge is -2.23. The molecule has 1 aliphatic rings. The summed E-state index contributed by atoms with van der Waals surface area (Å²) in [7, 11) is 1.22. The molecule has 0 saturated carbocycles. The Morgan fingerprint density at radius 2 is 2.24 bits per heavy atom. The molecule has 1 saturated heterocycles. The molecule has 0 radical (unpaired) electrons. The van der Waals surface area contributed by atoms with E-state index in [9.17, 15) is 14.0 Å². The maximum Gasteiger partial charge on any atom is 0.324 e. The van der Waals surface area contributed by atoms with Crippen LogP contribution in [0, 0.1) is 5.82 Å². The Hall–Kier alpha value is -2.07. The minimum Gasteiger partial charge on any atom is -0.468 e. The molecular formula is C16H24FN5O3. The second-order valence-electron chi connectivity index (χ2n) is 5.81. The van der Waals surface area contributed by atoms with Crippen LogP contribution in [0.15, 0.2) is 18.2 Å². The van der Waals surface area contributed by atoms with Crippen molar-refractivity contribution in [2.45, 2.75) is 25.4 Å². The van der Waals surface area contributed by atoms with Crippen molar-refractivity contribution in [2.75, 3.05) is 26.7 Å². The predicted molar refractivity (Wildman–Crippen MR) is 89.6 cm³/mol. The van der Waals surface area contributed by atoms with E-state index in [1.807, 2.05) is 11.9 Å². The van der Waals surface area contributed by atoms with Gasteiger partial charge in [-0.15, -0.1) is 0 Å². The Morgan fingerprint density at radius 1 is 1.48 bits per heavy atom. The first kappa shape index (κ1) is 19.3. The summed E-state index contributed by atoms with van der Waals surface area (Å²) in [6.07, 6.45) is 0.930. The molecule has 1 fully saturated rings. The molecule has 1 aromatic rings. The van der Waals surface area contributed by atoms with E-state index in [4.69, 9.17) is 5.73 Å². The smallest absolute Gasteiger partial charge is 0.324 e. The first-order valence-corrected chi connectivity index (χ1v) is 8.13. The number of carbonyl (C=O) groups is 2. The number of halogens is 1. The molecule has 5 N–H and O–H groups in total. The molecule has 138 valence electrons. The quantitative estimate of drug-likeness (QED) is 0.504. The van der Waals surface area contributed by atoms with Gasteiger partial charge in [-0.2, -0.15) is 5.53 Å². The molecule has 1 amide bonds. The van der Waals surface area contributed by atoms with Crippen molar-refractivity contribution in [3.8, 4) is 0 Å². The fourth-order valence-corrected chi connectivity index (χ4v) is 2.66. The molecule has 1 aliphatic heterocycles. The van der Waals surface area contributed by atoms with Gasteiger partial charge in [0.2, 0.25) is 0 Å². The van der Waals surface area contributed by atoms with E-state index in [1.165, 1.54) is 13.2 Å². The predicted octanol–water partition coefficient (Wildman–Crippen LogP) is -0.168. The molecule has 0 aromatic heterocycles. The van der Waals surface area contributed by atoms with Crippen LogP contribution in [-0.2, 0) is 9.53 Å². The summed E-state index contributed by atoms with van der Waals surface area (Å²) < 4.78 is 18.5. The van der Waals surface area contributed by atoms with E-state index in [2.05, 4.69) is 21.0 Å². The summed E-state index contributed by atoms with van der Waals surface area (Å²) in [4.78, 5) is 23.5. The topological polar surface area (TPSA) is 109 Å².